The van der Waals surface area contributed by atoms with Crippen molar-refractivity contribution in [2.75, 3.05) is 20.1 Å². The van der Waals surface area contributed by atoms with Gasteiger partial charge in [-0.15, -0.1) is 0 Å². The van der Waals surface area contributed by atoms with Gasteiger partial charge < -0.3 is 5.32 Å². The lowest BCUT2D eigenvalue weighted by Gasteiger charge is -2.31. The maximum absolute atomic E-state index is 11.6. The number of rotatable bonds is 3. The molecule has 6 heteroatoms. The first-order valence-corrected chi connectivity index (χ1v) is 6.47. The molecule has 1 aliphatic rings. The normalized spacial score (nSPS) is 20.7. The molecule has 2 rings (SSSR count). The predicted octanol–water partition coefficient (Wildman–Crippen LogP) is 1.09. The third-order valence-electron chi connectivity index (χ3n) is 3.18. The van der Waals surface area contributed by atoms with Crippen LogP contribution in [0.3, 0.4) is 0 Å². The summed E-state index contributed by atoms with van der Waals surface area (Å²) in [6.45, 7) is 2.50. The van der Waals surface area contributed by atoms with E-state index in [1.54, 1.807) is 19.4 Å². The third kappa shape index (κ3) is 3.40. The van der Waals surface area contributed by atoms with Gasteiger partial charge >= 0.3 is 0 Å². The number of carbonyl (C=O) groups excluding carboxylic acids is 1. The summed E-state index contributed by atoms with van der Waals surface area (Å²) in [4.78, 5) is 22.1. The van der Waals surface area contributed by atoms with Gasteiger partial charge in [-0.3, -0.25) is 14.7 Å². The second-order valence-electron chi connectivity index (χ2n) is 4.52. The number of hydrogen-bond donors (Lipinski definition) is 1. The first kappa shape index (κ1) is 13.2. The van der Waals surface area contributed by atoms with Crippen LogP contribution in [0.4, 0.5) is 0 Å². The van der Waals surface area contributed by atoms with Crippen molar-refractivity contribution >= 4 is 17.5 Å². The summed E-state index contributed by atoms with van der Waals surface area (Å²) in [5.41, 5.74) is 0.886. The fourth-order valence-electron chi connectivity index (χ4n) is 2.27. The zero-order chi connectivity index (χ0) is 13.0. The molecule has 1 saturated heterocycles. The second kappa shape index (κ2) is 6.11. The lowest BCUT2D eigenvalue weighted by molar-refractivity contribution is -0.126. The highest BCUT2D eigenvalue weighted by Crippen LogP contribution is 2.18. The molecule has 5 nitrogen and oxygen atoms in total. The van der Waals surface area contributed by atoms with Crippen LogP contribution in [0.2, 0.25) is 5.15 Å². The summed E-state index contributed by atoms with van der Waals surface area (Å²) in [5.74, 6) is 0.214. The van der Waals surface area contributed by atoms with Crippen molar-refractivity contribution in [3.8, 4) is 0 Å². The molecule has 1 aromatic rings. The summed E-state index contributed by atoms with van der Waals surface area (Å²) in [6.07, 6.45) is 5.24. The molecule has 0 saturated carbocycles. The third-order valence-corrected chi connectivity index (χ3v) is 3.38. The molecule has 1 fully saturated rings. The Morgan fingerprint density at radius 3 is 3.06 bits per heavy atom. The van der Waals surface area contributed by atoms with E-state index in [0.717, 1.165) is 38.2 Å². The first-order valence-electron chi connectivity index (χ1n) is 6.09. The minimum atomic E-state index is 0.0870. The van der Waals surface area contributed by atoms with Crippen LogP contribution in [-0.4, -0.2) is 40.9 Å². The van der Waals surface area contributed by atoms with Crippen molar-refractivity contribution < 1.29 is 4.79 Å². The standard InChI is InChI=1S/C12H17ClN4O/c1-14-12(18)9-3-2-4-17(7-9)8-10-5-16-11(13)6-15-10/h5-6,9H,2-4,7-8H2,1H3,(H,14,18). The summed E-state index contributed by atoms with van der Waals surface area (Å²) >= 11 is 5.70. The van der Waals surface area contributed by atoms with Crippen molar-refractivity contribution in [1.82, 2.24) is 20.2 Å². The molecule has 0 radical (unpaired) electrons. The van der Waals surface area contributed by atoms with Crippen molar-refractivity contribution in [1.29, 1.82) is 0 Å². The minimum Gasteiger partial charge on any atom is -0.359 e. The molecule has 1 aromatic heterocycles. The highest BCUT2D eigenvalue weighted by molar-refractivity contribution is 6.29. The number of hydrogen-bond acceptors (Lipinski definition) is 4. The Bertz CT molecular complexity index is 409. The Hall–Kier alpha value is -1.20. The zero-order valence-corrected chi connectivity index (χ0v) is 11.2. The zero-order valence-electron chi connectivity index (χ0n) is 10.4. The van der Waals surface area contributed by atoms with Crippen molar-refractivity contribution in [3.63, 3.8) is 0 Å². The van der Waals surface area contributed by atoms with Crippen LogP contribution >= 0.6 is 11.6 Å². The molecule has 18 heavy (non-hydrogen) atoms. The van der Waals surface area contributed by atoms with Crippen LogP contribution in [0.15, 0.2) is 12.4 Å². The average Bonchev–Trinajstić information content (AvgIpc) is 2.41. The number of carbonyl (C=O) groups is 1. The maximum Gasteiger partial charge on any atom is 0.224 e. The maximum atomic E-state index is 11.6. The van der Waals surface area contributed by atoms with Crippen LogP contribution in [0, 0.1) is 5.92 Å². The van der Waals surface area contributed by atoms with E-state index in [0.29, 0.717) is 5.15 Å². The van der Waals surface area contributed by atoms with Gasteiger partial charge in [0.15, 0.2) is 0 Å². The molecule has 98 valence electrons. The van der Waals surface area contributed by atoms with E-state index in [2.05, 4.69) is 20.2 Å². The first-order chi connectivity index (χ1) is 8.69. The molecule has 1 atom stereocenters. The van der Waals surface area contributed by atoms with Gasteiger partial charge in [-0.05, 0) is 19.4 Å². The van der Waals surface area contributed by atoms with Gasteiger partial charge in [0, 0.05) is 20.1 Å². The van der Waals surface area contributed by atoms with Crippen LogP contribution in [0.1, 0.15) is 18.5 Å². The second-order valence-corrected chi connectivity index (χ2v) is 4.91. The summed E-state index contributed by atoms with van der Waals surface area (Å²) in [5, 5.41) is 3.12. The number of halogens is 1. The topological polar surface area (TPSA) is 58.1 Å². The van der Waals surface area contributed by atoms with E-state index in [1.807, 2.05) is 0 Å². The Morgan fingerprint density at radius 1 is 1.56 bits per heavy atom. The molecular formula is C12H17ClN4O. The van der Waals surface area contributed by atoms with E-state index in [1.165, 1.54) is 0 Å². The fourth-order valence-corrected chi connectivity index (χ4v) is 2.36. The van der Waals surface area contributed by atoms with Crippen LogP contribution in [0.25, 0.3) is 0 Å². The van der Waals surface area contributed by atoms with Gasteiger partial charge in [0.25, 0.3) is 0 Å². The Kier molecular flexibility index (Phi) is 4.49. The number of nitrogens with one attached hydrogen (secondary N) is 1. The highest BCUT2D eigenvalue weighted by Gasteiger charge is 2.25. The molecule has 0 aromatic carbocycles. The lowest BCUT2D eigenvalue weighted by atomic mass is 9.97. The fraction of sp³-hybridized carbons (Fsp3) is 0.583. The summed E-state index contributed by atoms with van der Waals surface area (Å²) < 4.78 is 0. The predicted molar refractivity (Wildman–Crippen MR) is 69.1 cm³/mol. The van der Waals surface area contributed by atoms with E-state index in [-0.39, 0.29) is 11.8 Å². The number of aromatic nitrogens is 2. The lowest BCUT2D eigenvalue weighted by Crippen LogP contribution is -2.41. The summed E-state index contributed by atoms with van der Waals surface area (Å²) in [7, 11) is 1.69. The molecule has 1 N–H and O–H groups in total. The van der Waals surface area contributed by atoms with Gasteiger partial charge in [-0.1, -0.05) is 11.6 Å². The molecule has 1 amide bonds. The van der Waals surface area contributed by atoms with Crippen molar-refractivity contribution in [2.45, 2.75) is 19.4 Å². The molecule has 0 spiro atoms. The number of amides is 1. The van der Waals surface area contributed by atoms with Gasteiger partial charge in [0.2, 0.25) is 5.91 Å². The minimum absolute atomic E-state index is 0.0870. The number of nitrogens with zero attached hydrogens (tertiary/aromatic N) is 3. The molecule has 1 aliphatic heterocycles. The largest absolute Gasteiger partial charge is 0.359 e. The van der Waals surface area contributed by atoms with Crippen LogP contribution in [-0.2, 0) is 11.3 Å². The van der Waals surface area contributed by atoms with Gasteiger partial charge in [-0.25, -0.2) is 4.98 Å². The van der Waals surface area contributed by atoms with Crippen molar-refractivity contribution in [2.24, 2.45) is 5.92 Å². The van der Waals surface area contributed by atoms with Crippen molar-refractivity contribution in [3.05, 3.63) is 23.2 Å². The van der Waals surface area contributed by atoms with E-state index >= 15 is 0 Å². The molecular weight excluding hydrogens is 252 g/mol. The van der Waals surface area contributed by atoms with Gasteiger partial charge in [-0.2, -0.15) is 0 Å². The van der Waals surface area contributed by atoms with E-state index < -0.39 is 0 Å². The van der Waals surface area contributed by atoms with Gasteiger partial charge in [0.05, 0.1) is 24.0 Å². The number of piperidine rings is 1. The van der Waals surface area contributed by atoms with Gasteiger partial charge in [0.1, 0.15) is 5.15 Å². The summed E-state index contributed by atoms with van der Waals surface area (Å²) in [6, 6.07) is 0. The Labute approximate surface area is 112 Å². The quantitative estimate of drug-likeness (QED) is 0.892. The molecule has 1 unspecified atom stereocenters. The Morgan fingerprint density at radius 2 is 2.39 bits per heavy atom. The van der Waals surface area contributed by atoms with E-state index in [9.17, 15) is 4.79 Å². The highest BCUT2D eigenvalue weighted by atomic mass is 35.5. The smallest absolute Gasteiger partial charge is 0.224 e. The molecule has 0 bridgehead atoms. The SMILES string of the molecule is CNC(=O)C1CCCN(Cc2cnc(Cl)cn2)C1. The molecule has 0 aliphatic carbocycles. The monoisotopic (exact) mass is 268 g/mol. The molecule has 2 heterocycles. The number of likely N-dealkylation sites (tertiary alicyclic amines) is 1. The van der Waals surface area contributed by atoms with E-state index in [4.69, 9.17) is 11.6 Å². The van der Waals surface area contributed by atoms with Crippen LogP contribution in [0.5, 0.6) is 0 Å². The Balaban J connectivity index is 1.93. The average molecular weight is 269 g/mol. The van der Waals surface area contributed by atoms with Crippen LogP contribution < -0.4 is 5.32 Å².